The first-order valence-electron chi connectivity index (χ1n) is 10.4. The van der Waals surface area contributed by atoms with Crippen molar-refractivity contribution in [3.05, 3.63) is 48.0 Å². The molecule has 2 aromatic rings. The van der Waals surface area contributed by atoms with Crippen molar-refractivity contribution >= 4 is 34.5 Å². The molecule has 0 aromatic heterocycles. The Balaban J connectivity index is 2.17. The van der Waals surface area contributed by atoms with Crippen molar-refractivity contribution in [2.24, 2.45) is 22.2 Å². The van der Waals surface area contributed by atoms with Crippen LogP contribution in [0.4, 0.5) is 0 Å². The Morgan fingerprint density at radius 2 is 1.64 bits per heavy atom. The molecule has 0 heterocycles. The zero-order valence-electron chi connectivity index (χ0n) is 18.1. The molecule has 11 nitrogen and oxygen atoms in total. The van der Waals surface area contributed by atoms with Crippen LogP contribution in [-0.2, 0) is 20.8 Å². The average Bonchev–Trinajstić information content (AvgIpc) is 2.79. The molecule has 0 radical (unpaired) electrons. The maximum absolute atomic E-state index is 13.0. The largest absolute Gasteiger partial charge is 0.480 e. The topological polar surface area (TPSA) is 206 Å². The van der Waals surface area contributed by atoms with Crippen molar-refractivity contribution in [1.29, 1.82) is 0 Å². The van der Waals surface area contributed by atoms with E-state index in [9.17, 15) is 19.5 Å². The second kappa shape index (κ2) is 12.4. The number of aliphatic carboxylic acids is 1. The molecule has 3 atom stereocenters. The van der Waals surface area contributed by atoms with Crippen molar-refractivity contribution in [3.8, 4) is 0 Å². The highest BCUT2D eigenvalue weighted by atomic mass is 16.4. The Morgan fingerprint density at radius 3 is 2.27 bits per heavy atom. The van der Waals surface area contributed by atoms with Crippen LogP contribution in [-0.4, -0.2) is 65.2 Å². The van der Waals surface area contributed by atoms with Gasteiger partial charge in [0, 0.05) is 13.0 Å². The molecular weight excluding hydrogens is 428 g/mol. The quantitative estimate of drug-likeness (QED) is 0.117. The molecule has 0 fully saturated rings. The Labute approximate surface area is 191 Å². The minimum Gasteiger partial charge on any atom is -0.480 e. The summed E-state index contributed by atoms with van der Waals surface area (Å²) in [5.74, 6) is -2.74. The van der Waals surface area contributed by atoms with Crippen LogP contribution >= 0.6 is 0 Å². The molecule has 0 aliphatic carbocycles. The summed E-state index contributed by atoms with van der Waals surface area (Å²) >= 11 is 0. The number of carbonyl (C=O) groups is 3. The summed E-state index contributed by atoms with van der Waals surface area (Å²) in [5.41, 5.74) is 16.8. The second-order valence-corrected chi connectivity index (χ2v) is 7.58. The number of hydrogen-bond donors (Lipinski definition) is 7. The number of carboxylic acids is 1. The van der Waals surface area contributed by atoms with E-state index in [0.717, 1.165) is 16.3 Å². The van der Waals surface area contributed by atoms with Gasteiger partial charge in [-0.2, -0.15) is 0 Å². The van der Waals surface area contributed by atoms with Crippen LogP contribution in [0.5, 0.6) is 0 Å². The number of rotatable bonds is 12. The lowest BCUT2D eigenvalue weighted by molar-refractivity contribution is -0.142. The van der Waals surface area contributed by atoms with Crippen molar-refractivity contribution in [3.63, 3.8) is 0 Å². The number of guanidine groups is 1. The smallest absolute Gasteiger partial charge is 0.326 e. The number of nitrogens with zero attached hydrogens (tertiary/aromatic N) is 1. The summed E-state index contributed by atoms with van der Waals surface area (Å²) in [4.78, 5) is 40.6. The molecule has 0 bridgehead atoms. The normalized spacial score (nSPS) is 13.5. The lowest BCUT2D eigenvalue weighted by atomic mass is 10.0. The molecule has 0 aliphatic rings. The van der Waals surface area contributed by atoms with Gasteiger partial charge in [-0.1, -0.05) is 42.5 Å². The van der Waals surface area contributed by atoms with E-state index in [2.05, 4.69) is 15.6 Å². The van der Waals surface area contributed by atoms with E-state index >= 15 is 0 Å². The van der Waals surface area contributed by atoms with Gasteiger partial charge in [0.2, 0.25) is 11.8 Å². The molecule has 11 heteroatoms. The molecule has 33 heavy (non-hydrogen) atoms. The second-order valence-electron chi connectivity index (χ2n) is 7.58. The number of carboxylic acid groups (broad SMARTS) is 1. The van der Waals surface area contributed by atoms with Gasteiger partial charge in [0.05, 0.1) is 6.61 Å². The number of amides is 2. The molecule has 2 amide bonds. The fourth-order valence-electron chi connectivity index (χ4n) is 3.21. The van der Waals surface area contributed by atoms with Gasteiger partial charge in [0.1, 0.15) is 18.1 Å². The number of nitrogens with two attached hydrogens (primary N) is 3. The summed E-state index contributed by atoms with van der Waals surface area (Å²) in [6, 6.07) is 9.76. The standard InChI is InChI=1S/C22H30N6O5/c23-16(12-29)19(30)28-18(11-13-7-8-14-4-1-2-5-15(14)10-13)20(31)27-17(21(32)33)6-3-9-26-22(24)25/h1-2,4-5,7-8,10,16-18,29H,3,6,9,11-12,23H2,(H,27,31)(H,28,30)(H,32,33)(H4,24,25,26)/t16-,17-,18-/m0/s1. The summed E-state index contributed by atoms with van der Waals surface area (Å²) in [7, 11) is 0. The Hall–Kier alpha value is -3.70. The molecule has 2 aromatic carbocycles. The van der Waals surface area contributed by atoms with E-state index in [1.54, 1.807) is 0 Å². The molecule has 0 saturated carbocycles. The molecule has 178 valence electrons. The predicted molar refractivity (Wildman–Crippen MR) is 124 cm³/mol. The zero-order chi connectivity index (χ0) is 24.4. The Bertz CT molecular complexity index is 1010. The van der Waals surface area contributed by atoms with E-state index in [1.807, 2.05) is 42.5 Å². The summed E-state index contributed by atoms with van der Waals surface area (Å²) in [6.45, 7) is -0.386. The maximum atomic E-state index is 13.0. The van der Waals surface area contributed by atoms with Crippen molar-refractivity contribution in [2.45, 2.75) is 37.4 Å². The summed E-state index contributed by atoms with van der Waals surface area (Å²) in [6.07, 6.45) is 0.512. The van der Waals surface area contributed by atoms with Gasteiger partial charge in [0.25, 0.3) is 0 Å². The van der Waals surface area contributed by atoms with Gasteiger partial charge in [-0.3, -0.25) is 14.6 Å². The minimum absolute atomic E-state index is 0.0879. The highest BCUT2D eigenvalue weighted by molar-refractivity contribution is 5.92. The van der Waals surface area contributed by atoms with E-state index in [4.69, 9.17) is 22.3 Å². The monoisotopic (exact) mass is 458 g/mol. The Morgan fingerprint density at radius 1 is 0.970 bits per heavy atom. The number of nitrogens with one attached hydrogen (secondary N) is 2. The first-order chi connectivity index (χ1) is 15.7. The summed E-state index contributed by atoms with van der Waals surface area (Å²) < 4.78 is 0. The molecule has 0 unspecified atom stereocenters. The van der Waals surface area contributed by atoms with E-state index in [0.29, 0.717) is 6.42 Å². The van der Waals surface area contributed by atoms with E-state index < -0.39 is 42.5 Å². The molecule has 10 N–H and O–H groups in total. The van der Waals surface area contributed by atoms with Crippen LogP contribution in [0.1, 0.15) is 18.4 Å². The lowest BCUT2D eigenvalue weighted by Gasteiger charge is -2.23. The van der Waals surface area contributed by atoms with Crippen molar-refractivity contribution in [1.82, 2.24) is 10.6 Å². The third kappa shape index (κ3) is 8.05. The third-order valence-electron chi connectivity index (χ3n) is 4.98. The van der Waals surface area contributed by atoms with Gasteiger partial charge < -0.3 is 38.0 Å². The number of fused-ring (bicyclic) bond motifs is 1. The maximum Gasteiger partial charge on any atom is 0.326 e. The Kier molecular flexibility index (Phi) is 9.58. The SMILES string of the molecule is NC(N)=NCCC[C@H](NC(=O)[C@H](Cc1ccc2ccccc2c1)NC(=O)[C@@H](N)CO)C(=O)O. The van der Waals surface area contributed by atoms with E-state index in [1.165, 1.54) is 0 Å². The van der Waals surface area contributed by atoms with Crippen LogP contribution in [0, 0.1) is 0 Å². The van der Waals surface area contributed by atoms with Crippen LogP contribution in [0.25, 0.3) is 10.8 Å². The van der Waals surface area contributed by atoms with Crippen LogP contribution in [0.2, 0.25) is 0 Å². The number of benzene rings is 2. The number of aliphatic hydroxyl groups excluding tert-OH is 1. The van der Waals surface area contributed by atoms with Crippen molar-refractivity contribution in [2.75, 3.05) is 13.2 Å². The van der Waals surface area contributed by atoms with Crippen molar-refractivity contribution < 1.29 is 24.6 Å². The molecule has 0 spiro atoms. The molecular formula is C22H30N6O5. The van der Waals surface area contributed by atoms with Gasteiger partial charge >= 0.3 is 5.97 Å². The number of aliphatic imine (C=N–C) groups is 1. The van der Waals surface area contributed by atoms with Gasteiger partial charge in [-0.15, -0.1) is 0 Å². The lowest BCUT2D eigenvalue weighted by Crippen LogP contribution is -2.55. The van der Waals surface area contributed by atoms with Gasteiger partial charge in [0.15, 0.2) is 5.96 Å². The molecule has 0 aliphatic heterocycles. The fourth-order valence-corrected chi connectivity index (χ4v) is 3.21. The first-order valence-corrected chi connectivity index (χ1v) is 10.4. The summed E-state index contributed by atoms with van der Waals surface area (Å²) in [5, 5.41) is 25.6. The van der Waals surface area contributed by atoms with Gasteiger partial charge in [-0.05, 0) is 29.2 Å². The van der Waals surface area contributed by atoms with Crippen LogP contribution in [0.15, 0.2) is 47.5 Å². The highest BCUT2D eigenvalue weighted by Crippen LogP contribution is 2.17. The van der Waals surface area contributed by atoms with Crippen LogP contribution in [0.3, 0.4) is 0 Å². The number of hydrogen-bond acceptors (Lipinski definition) is 6. The van der Waals surface area contributed by atoms with E-state index in [-0.39, 0.29) is 25.3 Å². The zero-order valence-corrected chi connectivity index (χ0v) is 18.1. The predicted octanol–water partition coefficient (Wildman–Crippen LogP) is -1.19. The highest BCUT2D eigenvalue weighted by Gasteiger charge is 2.28. The molecule has 2 rings (SSSR count). The fraction of sp³-hybridized carbons (Fsp3) is 0.364. The first kappa shape index (κ1) is 25.6. The van der Waals surface area contributed by atoms with Crippen LogP contribution < -0.4 is 27.8 Å². The third-order valence-corrected chi connectivity index (χ3v) is 4.98. The average molecular weight is 459 g/mol. The number of carbonyl (C=O) groups excluding carboxylic acids is 2. The minimum atomic E-state index is -1.23. The number of aliphatic hydroxyl groups is 1. The molecule has 0 saturated heterocycles. The van der Waals surface area contributed by atoms with Gasteiger partial charge in [-0.25, -0.2) is 4.79 Å².